The van der Waals surface area contributed by atoms with Crippen LogP contribution < -0.4 is 10.6 Å². The van der Waals surface area contributed by atoms with Crippen LogP contribution in [0.25, 0.3) is 0 Å². The topological polar surface area (TPSA) is 80.0 Å². The number of rotatable bonds is 4. The molecule has 0 fully saturated rings. The summed E-state index contributed by atoms with van der Waals surface area (Å²) in [4.78, 5) is 19.8. The van der Waals surface area contributed by atoms with Crippen LogP contribution in [-0.2, 0) is 6.54 Å². The minimum Gasteiger partial charge on any atom is -0.465 e. The van der Waals surface area contributed by atoms with Crippen molar-refractivity contribution >= 4 is 11.7 Å². The number of nitrogens with one attached hydrogen (secondary N) is 2. The first-order valence-electron chi connectivity index (χ1n) is 5.52. The van der Waals surface area contributed by atoms with Gasteiger partial charge in [-0.1, -0.05) is 0 Å². The summed E-state index contributed by atoms with van der Waals surface area (Å²) in [6, 6.07) is 3.68. The summed E-state index contributed by atoms with van der Waals surface area (Å²) < 4.78 is 5.35. The Morgan fingerprint density at radius 3 is 2.72 bits per heavy atom. The van der Waals surface area contributed by atoms with Gasteiger partial charge in [0.25, 0.3) is 5.91 Å². The zero-order valence-corrected chi connectivity index (χ0v) is 10.2. The van der Waals surface area contributed by atoms with E-state index in [9.17, 15) is 4.79 Å². The molecule has 2 N–H and O–H groups in total. The van der Waals surface area contributed by atoms with Crippen LogP contribution in [0.15, 0.2) is 28.9 Å². The molecule has 0 aliphatic rings. The van der Waals surface area contributed by atoms with E-state index in [0.717, 1.165) is 5.76 Å². The Hall–Kier alpha value is -2.37. The SMILES string of the molecule is CNc1cnc(C(=O)NCc2ccc(C)o2)cn1. The summed E-state index contributed by atoms with van der Waals surface area (Å²) in [5, 5.41) is 5.54. The van der Waals surface area contributed by atoms with Crippen molar-refractivity contribution in [2.75, 3.05) is 12.4 Å². The van der Waals surface area contributed by atoms with E-state index >= 15 is 0 Å². The molecule has 0 atom stereocenters. The number of hydrogen-bond donors (Lipinski definition) is 2. The number of amides is 1. The maximum Gasteiger partial charge on any atom is 0.271 e. The first-order chi connectivity index (χ1) is 8.69. The molecule has 0 aliphatic heterocycles. The molecule has 2 aromatic rings. The number of aromatic nitrogens is 2. The van der Waals surface area contributed by atoms with Gasteiger partial charge >= 0.3 is 0 Å². The van der Waals surface area contributed by atoms with Gasteiger partial charge in [-0.15, -0.1) is 0 Å². The maximum absolute atomic E-state index is 11.7. The lowest BCUT2D eigenvalue weighted by molar-refractivity contribution is 0.0942. The lowest BCUT2D eigenvalue weighted by Gasteiger charge is -2.03. The molecule has 18 heavy (non-hydrogen) atoms. The van der Waals surface area contributed by atoms with Crippen LogP contribution >= 0.6 is 0 Å². The second-order valence-electron chi connectivity index (χ2n) is 3.73. The summed E-state index contributed by atoms with van der Waals surface area (Å²) in [6.07, 6.45) is 2.93. The van der Waals surface area contributed by atoms with E-state index < -0.39 is 0 Å². The smallest absolute Gasteiger partial charge is 0.271 e. The van der Waals surface area contributed by atoms with Crippen molar-refractivity contribution in [2.24, 2.45) is 0 Å². The van der Waals surface area contributed by atoms with Crippen molar-refractivity contribution in [1.29, 1.82) is 0 Å². The van der Waals surface area contributed by atoms with Gasteiger partial charge in [0.2, 0.25) is 0 Å². The van der Waals surface area contributed by atoms with Crippen LogP contribution in [0.3, 0.4) is 0 Å². The van der Waals surface area contributed by atoms with Crippen LogP contribution in [0.2, 0.25) is 0 Å². The third-order valence-electron chi connectivity index (χ3n) is 2.36. The molecule has 6 nitrogen and oxygen atoms in total. The van der Waals surface area contributed by atoms with Gasteiger partial charge in [0, 0.05) is 7.05 Å². The minimum absolute atomic E-state index is 0.275. The highest BCUT2D eigenvalue weighted by Crippen LogP contribution is 2.06. The van der Waals surface area contributed by atoms with Crippen molar-refractivity contribution in [3.63, 3.8) is 0 Å². The molecular formula is C12H14N4O2. The predicted molar refractivity (Wildman–Crippen MR) is 66.2 cm³/mol. The fraction of sp³-hybridized carbons (Fsp3) is 0.250. The van der Waals surface area contributed by atoms with Crippen LogP contribution in [0, 0.1) is 6.92 Å². The van der Waals surface area contributed by atoms with E-state index in [4.69, 9.17) is 4.42 Å². The summed E-state index contributed by atoms with van der Waals surface area (Å²) >= 11 is 0. The lowest BCUT2D eigenvalue weighted by atomic mass is 10.4. The van der Waals surface area contributed by atoms with E-state index in [2.05, 4.69) is 20.6 Å². The van der Waals surface area contributed by atoms with Gasteiger partial charge in [-0.3, -0.25) is 4.79 Å². The lowest BCUT2D eigenvalue weighted by Crippen LogP contribution is -2.23. The second kappa shape index (κ2) is 5.31. The zero-order chi connectivity index (χ0) is 13.0. The Morgan fingerprint density at radius 2 is 2.17 bits per heavy atom. The van der Waals surface area contributed by atoms with Gasteiger partial charge in [-0.05, 0) is 19.1 Å². The third-order valence-corrected chi connectivity index (χ3v) is 2.36. The monoisotopic (exact) mass is 246 g/mol. The first-order valence-corrected chi connectivity index (χ1v) is 5.52. The Bertz CT molecular complexity index is 533. The molecule has 0 bridgehead atoms. The van der Waals surface area contributed by atoms with Crippen LogP contribution in [0.1, 0.15) is 22.0 Å². The van der Waals surface area contributed by atoms with Crippen molar-refractivity contribution in [1.82, 2.24) is 15.3 Å². The number of carbonyl (C=O) groups excluding carboxylic acids is 1. The van der Waals surface area contributed by atoms with E-state index in [-0.39, 0.29) is 11.6 Å². The molecule has 2 aromatic heterocycles. The third kappa shape index (κ3) is 2.85. The van der Waals surface area contributed by atoms with E-state index in [1.807, 2.05) is 19.1 Å². The number of carbonyl (C=O) groups is 1. The summed E-state index contributed by atoms with van der Waals surface area (Å²) in [7, 11) is 1.74. The Morgan fingerprint density at radius 1 is 1.33 bits per heavy atom. The van der Waals surface area contributed by atoms with Crippen molar-refractivity contribution in [3.05, 3.63) is 41.7 Å². The Kier molecular flexibility index (Phi) is 3.57. The fourth-order valence-electron chi connectivity index (χ4n) is 1.41. The molecule has 6 heteroatoms. The van der Waals surface area contributed by atoms with Gasteiger partial charge in [-0.25, -0.2) is 9.97 Å². The molecule has 0 aromatic carbocycles. The largest absolute Gasteiger partial charge is 0.465 e. The number of aryl methyl sites for hydroxylation is 1. The van der Waals surface area contributed by atoms with E-state index in [1.54, 1.807) is 7.05 Å². The van der Waals surface area contributed by atoms with Gasteiger partial charge in [0.05, 0.1) is 18.9 Å². The highest BCUT2D eigenvalue weighted by Gasteiger charge is 2.08. The van der Waals surface area contributed by atoms with Crippen LogP contribution in [0.4, 0.5) is 5.82 Å². The minimum atomic E-state index is -0.279. The van der Waals surface area contributed by atoms with Crippen molar-refractivity contribution in [2.45, 2.75) is 13.5 Å². The molecule has 2 heterocycles. The molecule has 0 unspecified atom stereocenters. The van der Waals surface area contributed by atoms with Crippen LogP contribution in [0.5, 0.6) is 0 Å². The van der Waals surface area contributed by atoms with Gasteiger partial charge < -0.3 is 15.1 Å². The number of anilines is 1. The molecule has 0 radical (unpaired) electrons. The van der Waals surface area contributed by atoms with Crippen molar-refractivity contribution < 1.29 is 9.21 Å². The number of furan rings is 1. The molecule has 0 spiro atoms. The van der Waals surface area contributed by atoms with Gasteiger partial charge in [0.1, 0.15) is 23.0 Å². The second-order valence-corrected chi connectivity index (χ2v) is 3.73. The summed E-state index contributed by atoms with van der Waals surface area (Å²) in [5.74, 6) is 1.87. The zero-order valence-electron chi connectivity index (χ0n) is 10.2. The highest BCUT2D eigenvalue weighted by molar-refractivity contribution is 5.91. The van der Waals surface area contributed by atoms with E-state index in [0.29, 0.717) is 18.1 Å². The molecular weight excluding hydrogens is 232 g/mol. The molecule has 2 rings (SSSR count). The average molecular weight is 246 g/mol. The normalized spacial score (nSPS) is 10.1. The summed E-state index contributed by atoms with van der Waals surface area (Å²) in [5.41, 5.74) is 0.275. The molecule has 94 valence electrons. The van der Waals surface area contributed by atoms with Crippen LogP contribution in [-0.4, -0.2) is 22.9 Å². The standard InChI is InChI=1S/C12H14N4O2/c1-8-3-4-9(18-8)5-16-12(17)10-6-15-11(13-2)7-14-10/h3-4,6-7H,5H2,1-2H3,(H,13,15)(H,16,17). The fourth-order valence-corrected chi connectivity index (χ4v) is 1.41. The van der Waals surface area contributed by atoms with Crippen molar-refractivity contribution in [3.8, 4) is 0 Å². The highest BCUT2D eigenvalue weighted by atomic mass is 16.3. The molecule has 0 saturated heterocycles. The predicted octanol–water partition coefficient (Wildman–Crippen LogP) is 1.35. The summed E-state index contributed by atoms with van der Waals surface area (Å²) in [6.45, 7) is 2.19. The van der Waals surface area contributed by atoms with Gasteiger partial charge in [-0.2, -0.15) is 0 Å². The quantitative estimate of drug-likeness (QED) is 0.851. The Balaban J connectivity index is 1.94. The molecule has 1 amide bonds. The average Bonchev–Trinajstić information content (AvgIpc) is 2.82. The molecule has 0 saturated carbocycles. The van der Waals surface area contributed by atoms with E-state index in [1.165, 1.54) is 12.4 Å². The van der Waals surface area contributed by atoms with Gasteiger partial charge in [0.15, 0.2) is 0 Å². The maximum atomic E-state index is 11.7. The number of nitrogens with zero attached hydrogens (tertiary/aromatic N) is 2. The number of hydrogen-bond acceptors (Lipinski definition) is 5. The molecule has 0 aliphatic carbocycles. The Labute approximate surface area is 104 Å². The first kappa shape index (κ1) is 12.1.